The second-order valence-corrected chi connectivity index (χ2v) is 6.51. The molecule has 25 heavy (non-hydrogen) atoms. The number of rotatable bonds is 3. The lowest BCUT2D eigenvalue weighted by Gasteiger charge is -2.07. The fraction of sp³-hybridized carbons (Fsp3) is 0.300. The Morgan fingerprint density at radius 1 is 1.16 bits per heavy atom. The Hall–Kier alpha value is -2.69. The molecule has 0 spiro atoms. The summed E-state index contributed by atoms with van der Waals surface area (Å²) in [6.07, 6.45) is 4.58. The van der Waals surface area contributed by atoms with Crippen LogP contribution < -0.4 is 5.32 Å². The van der Waals surface area contributed by atoms with Crippen molar-refractivity contribution in [1.82, 2.24) is 14.9 Å². The number of hydrogen-bond donors (Lipinski definition) is 1. The molecule has 1 N–H and O–H groups in total. The number of benzene rings is 2. The van der Waals surface area contributed by atoms with Crippen molar-refractivity contribution in [3.8, 4) is 0 Å². The molecular weight excluding hydrogens is 317 g/mol. The Balaban J connectivity index is 1.54. The zero-order valence-corrected chi connectivity index (χ0v) is 14.0. The third-order valence-corrected chi connectivity index (χ3v) is 4.71. The van der Waals surface area contributed by atoms with Gasteiger partial charge in [-0.05, 0) is 48.7 Å². The maximum atomic E-state index is 13.2. The highest BCUT2D eigenvalue weighted by Gasteiger charge is 2.15. The normalized spacial score (nSPS) is 14.1. The molecule has 0 atom stereocenters. The van der Waals surface area contributed by atoms with Crippen molar-refractivity contribution in [3.05, 3.63) is 65.2 Å². The molecule has 1 aliphatic rings. The van der Waals surface area contributed by atoms with E-state index in [1.807, 2.05) is 18.2 Å². The molecule has 0 fully saturated rings. The molecule has 4 nitrogen and oxygen atoms in total. The molecule has 0 radical (unpaired) electrons. The molecule has 4 rings (SSSR count). The monoisotopic (exact) mass is 337 g/mol. The van der Waals surface area contributed by atoms with E-state index in [0.717, 1.165) is 35.4 Å². The number of aromatic nitrogens is 2. The molecule has 1 aromatic heterocycles. The van der Waals surface area contributed by atoms with Crippen LogP contribution in [0.25, 0.3) is 11.0 Å². The largest absolute Gasteiger partial charge is 0.348 e. The van der Waals surface area contributed by atoms with Crippen LogP contribution in [-0.2, 0) is 19.5 Å². The van der Waals surface area contributed by atoms with Crippen LogP contribution in [0.5, 0.6) is 0 Å². The number of carbonyl (C=O) groups excluding carboxylic acids is 1. The van der Waals surface area contributed by atoms with Gasteiger partial charge in [-0.25, -0.2) is 9.37 Å². The molecule has 2 aromatic carbocycles. The van der Waals surface area contributed by atoms with Crippen LogP contribution in [0, 0.1) is 5.82 Å². The van der Waals surface area contributed by atoms with Crippen molar-refractivity contribution in [2.75, 3.05) is 0 Å². The van der Waals surface area contributed by atoms with Gasteiger partial charge >= 0.3 is 0 Å². The fourth-order valence-electron chi connectivity index (χ4n) is 3.42. The Morgan fingerprint density at radius 2 is 2.08 bits per heavy atom. The van der Waals surface area contributed by atoms with E-state index in [9.17, 15) is 9.18 Å². The Bertz CT molecular complexity index is 932. The highest BCUT2D eigenvalue weighted by Crippen LogP contribution is 2.23. The number of halogens is 1. The van der Waals surface area contributed by atoms with Crippen molar-refractivity contribution in [2.24, 2.45) is 0 Å². The summed E-state index contributed by atoms with van der Waals surface area (Å²) < 4.78 is 15.5. The van der Waals surface area contributed by atoms with E-state index in [0.29, 0.717) is 12.1 Å². The molecule has 0 saturated heterocycles. The smallest absolute Gasteiger partial charge is 0.251 e. The SMILES string of the molecule is O=C(NCc1cccc(F)c1)c1ccc2c(c1)nc1n2CCCCC1. The molecule has 128 valence electrons. The van der Waals surface area contributed by atoms with Gasteiger partial charge in [-0.3, -0.25) is 4.79 Å². The van der Waals surface area contributed by atoms with Crippen LogP contribution in [0.15, 0.2) is 42.5 Å². The number of carbonyl (C=O) groups is 1. The predicted molar refractivity (Wildman–Crippen MR) is 94.9 cm³/mol. The lowest BCUT2D eigenvalue weighted by Crippen LogP contribution is -2.22. The molecular formula is C20H20FN3O. The van der Waals surface area contributed by atoms with Gasteiger partial charge in [-0.2, -0.15) is 0 Å². The van der Waals surface area contributed by atoms with Gasteiger partial charge in [0.05, 0.1) is 11.0 Å². The first-order chi connectivity index (χ1) is 12.2. The highest BCUT2D eigenvalue weighted by molar-refractivity contribution is 5.97. The Labute approximate surface area is 145 Å². The number of imidazole rings is 1. The van der Waals surface area contributed by atoms with Crippen molar-refractivity contribution in [1.29, 1.82) is 0 Å². The molecule has 0 saturated carbocycles. The lowest BCUT2D eigenvalue weighted by atomic mass is 10.1. The number of amides is 1. The first-order valence-electron chi connectivity index (χ1n) is 8.72. The number of hydrogen-bond acceptors (Lipinski definition) is 2. The van der Waals surface area contributed by atoms with Crippen molar-refractivity contribution in [3.63, 3.8) is 0 Å². The first kappa shape index (κ1) is 15.8. The van der Waals surface area contributed by atoms with Gasteiger partial charge in [0.25, 0.3) is 5.91 Å². The van der Waals surface area contributed by atoms with Gasteiger partial charge in [0.2, 0.25) is 0 Å². The van der Waals surface area contributed by atoms with Crippen LogP contribution in [0.4, 0.5) is 4.39 Å². The van der Waals surface area contributed by atoms with E-state index in [1.54, 1.807) is 12.1 Å². The molecule has 3 aromatic rings. The van der Waals surface area contributed by atoms with Gasteiger partial charge in [0.15, 0.2) is 0 Å². The zero-order chi connectivity index (χ0) is 17.2. The van der Waals surface area contributed by atoms with E-state index in [1.165, 1.54) is 31.4 Å². The van der Waals surface area contributed by atoms with Crippen molar-refractivity contribution >= 4 is 16.9 Å². The van der Waals surface area contributed by atoms with E-state index in [4.69, 9.17) is 4.98 Å². The quantitative estimate of drug-likeness (QED) is 0.789. The number of fused-ring (bicyclic) bond motifs is 3. The molecule has 0 bridgehead atoms. The zero-order valence-electron chi connectivity index (χ0n) is 14.0. The topological polar surface area (TPSA) is 46.9 Å². The van der Waals surface area contributed by atoms with Gasteiger partial charge in [0.1, 0.15) is 11.6 Å². The van der Waals surface area contributed by atoms with Crippen LogP contribution in [0.1, 0.15) is 41.0 Å². The van der Waals surface area contributed by atoms with Crippen LogP contribution in [0.3, 0.4) is 0 Å². The number of nitrogens with one attached hydrogen (secondary N) is 1. The minimum atomic E-state index is -0.298. The summed E-state index contributed by atoms with van der Waals surface area (Å²) >= 11 is 0. The molecule has 0 aliphatic carbocycles. The fourth-order valence-corrected chi connectivity index (χ4v) is 3.42. The van der Waals surface area contributed by atoms with Gasteiger partial charge < -0.3 is 9.88 Å². The minimum absolute atomic E-state index is 0.172. The summed E-state index contributed by atoms with van der Waals surface area (Å²) in [6.45, 7) is 1.30. The van der Waals surface area contributed by atoms with Crippen LogP contribution >= 0.6 is 0 Å². The summed E-state index contributed by atoms with van der Waals surface area (Å²) in [7, 11) is 0. The average molecular weight is 337 g/mol. The van der Waals surface area contributed by atoms with Crippen LogP contribution in [0.2, 0.25) is 0 Å². The third-order valence-electron chi connectivity index (χ3n) is 4.71. The predicted octanol–water partition coefficient (Wildman–Crippen LogP) is 3.83. The average Bonchev–Trinajstić information content (AvgIpc) is 2.80. The summed E-state index contributed by atoms with van der Waals surface area (Å²) in [5.41, 5.74) is 3.29. The van der Waals surface area contributed by atoms with E-state index < -0.39 is 0 Å². The molecule has 5 heteroatoms. The Morgan fingerprint density at radius 3 is 2.96 bits per heavy atom. The van der Waals surface area contributed by atoms with Gasteiger partial charge in [-0.15, -0.1) is 0 Å². The molecule has 1 aliphatic heterocycles. The van der Waals surface area contributed by atoms with Crippen molar-refractivity contribution < 1.29 is 9.18 Å². The molecule has 2 heterocycles. The maximum absolute atomic E-state index is 13.2. The van der Waals surface area contributed by atoms with Gasteiger partial charge in [-0.1, -0.05) is 18.6 Å². The van der Waals surface area contributed by atoms with E-state index >= 15 is 0 Å². The second kappa shape index (κ2) is 6.67. The second-order valence-electron chi connectivity index (χ2n) is 6.51. The first-order valence-corrected chi connectivity index (χ1v) is 8.72. The minimum Gasteiger partial charge on any atom is -0.348 e. The Kier molecular flexibility index (Phi) is 4.22. The molecule has 0 unspecified atom stereocenters. The summed E-state index contributed by atoms with van der Waals surface area (Å²) in [5, 5.41) is 2.84. The summed E-state index contributed by atoms with van der Waals surface area (Å²) in [6, 6.07) is 11.9. The lowest BCUT2D eigenvalue weighted by molar-refractivity contribution is 0.0951. The van der Waals surface area contributed by atoms with Gasteiger partial charge in [0, 0.05) is 25.1 Å². The molecule has 1 amide bonds. The number of nitrogens with zero attached hydrogens (tertiary/aromatic N) is 2. The third kappa shape index (κ3) is 3.27. The summed E-state index contributed by atoms with van der Waals surface area (Å²) in [5.74, 6) is 0.645. The highest BCUT2D eigenvalue weighted by atomic mass is 19.1. The van der Waals surface area contributed by atoms with E-state index in [-0.39, 0.29) is 11.7 Å². The van der Waals surface area contributed by atoms with Crippen LogP contribution in [-0.4, -0.2) is 15.5 Å². The number of aryl methyl sites for hydroxylation is 2. The van der Waals surface area contributed by atoms with E-state index in [2.05, 4.69) is 9.88 Å². The standard InChI is InChI=1S/C20H20FN3O/c21-16-6-4-5-14(11-16)13-22-20(25)15-8-9-18-17(12-15)23-19-7-2-1-3-10-24(18)19/h4-6,8-9,11-12H,1-3,7,10,13H2,(H,22,25). The summed E-state index contributed by atoms with van der Waals surface area (Å²) in [4.78, 5) is 17.1. The van der Waals surface area contributed by atoms with Crippen molar-refractivity contribution in [2.45, 2.75) is 38.8 Å². The maximum Gasteiger partial charge on any atom is 0.251 e.